The minimum atomic E-state index is -0.134. The molecule has 1 amide bonds. The van der Waals surface area contributed by atoms with Crippen LogP contribution in [0.15, 0.2) is 18.7 Å². The number of carbonyl (C=O) groups is 1. The van der Waals surface area contributed by atoms with Crippen LogP contribution in [-0.2, 0) is 14.3 Å². The van der Waals surface area contributed by atoms with Crippen LogP contribution in [0, 0.1) is 17.8 Å². The highest BCUT2D eigenvalue weighted by Crippen LogP contribution is 2.52. The molecular weight excluding hydrogens is 282 g/mol. The van der Waals surface area contributed by atoms with Crippen molar-refractivity contribution in [1.29, 1.82) is 0 Å². The van der Waals surface area contributed by atoms with Gasteiger partial charge in [0.05, 0.1) is 37.8 Å². The number of carbonyl (C=O) groups excluding carboxylic acids is 1. The van der Waals surface area contributed by atoms with E-state index in [-0.39, 0.29) is 11.5 Å². The molecule has 0 radical (unpaired) electrons. The molecule has 3 unspecified atom stereocenters. The lowest BCUT2D eigenvalue weighted by Gasteiger charge is -2.24. The monoisotopic (exact) mass is 303 g/mol. The van der Waals surface area contributed by atoms with Crippen LogP contribution in [0.2, 0.25) is 0 Å². The zero-order chi connectivity index (χ0) is 14.7. The van der Waals surface area contributed by atoms with E-state index in [4.69, 9.17) is 9.47 Å². The van der Waals surface area contributed by atoms with E-state index in [1.807, 2.05) is 23.6 Å². The van der Waals surface area contributed by atoms with Gasteiger partial charge in [-0.1, -0.05) is 0 Å². The summed E-state index contributed by atoms with van der Waals surface area (Å²) < 4.78 is 13.7. The zero-order valence-corrected chi connectivity index (χ0v) is 12.6. The smallest absolute Gasteiger partial charge is 0.226 e. The van der Waals surface area contributed by atoms with Gasteiger partial charge in [-0.3, -0.25) is 4.79 Å². The molecule has 22 heavy (non-hydrogen) atoms. The third kappa shape index (κ3) is 1.86. The highest BCUT2D eigenvalue weighted by atomic mass is 16.5. The quantitative estimate of drug-likeness (QED) is 0.807. The molecule has 118 valence electrons. The number of fused-ring (bicyclic) bond motifs is 1. The normalized spacial score (nSPS) is 43.0. The lowest BCUT2D eigenvalue weighted by Crippen LogP contribution is -2.37. The molecule has 5 rings (SSSR count). The molecule has 1 aromatic rings. The highest BCUT2D eigenvalue weighted by molar-refractivity contribution is 5.83. The van der Waals surface area contributed by atoms with Crippen molar-refractivity contribution in [2.75, 3.05) is 32.9 Å². The number of aromatic nitrogens is 2. The molecule has 1 aliphatic carbocycles. The first kappa shape index (κ1) is 13.1. The maximum atomic E-state index is 12.7. The second kappa shape index (κ2) is 4.55. The van der Waals surface area contributed by atoms with Crippen molar-refractivity contribution in [3.05, 3.63) is 18.7 Å². The van der Waals surface area contributed by atoms with Gasteiger partial charge in [0, 0.05) is 37.8 Å². The van der Waals surface area contributed by atoms with Crippen LogP contribution in [-0.4, -0.2) is 58.9 Å². The van der Waals surface area contributed by atoms with Gasteiger partial charge < -0.3 is 18.9 Å². The Morgan fingerprint density at radius 2 is 2.14 bits per heavy atom. The van der Waals surface area contributed by atoms with Crippen LogP contribution in [0.25, 0.3) is 0 Å². The zero-order valence-electron chi connectivity index (χ0n) is 12.6. The molecule has 4 fully saturated rings. The molecule has 6 nitrogen and oxygen atoms in total. The van der Waals surface area contributed by atoms with E-state index in [2.05, 4.69) is 9.55 Å². The summed E-state index contributed by atoms with van der Waals surface area (Å²) in [5, 5.41) is 0. The van der Waals surface area contributed by atoms with Crippen molar-refractivity contribution in [3.63, 3.8) is 0 Å². The van der Waals surface area contributed by atoms with Crippen LogP contribution in [0.5, 0.6) is 0 Å². The molecule has 6 heteroatoms. The molecule has 3 saturated heterocycles. The summed E-state index contributed by atoms with van der Waals surface area (Å²) in [6.07, 6.45) is 7.60. The van der Waals surface area contributed by atoms with Gasteiger partial charge in [-0.2, -0.15) is 0 Å². The molecule has 4 heterocycles. The minimum absolute atomic E-state index is 0.134. The van der Waals surface area contributed by atoms with Crippen LogP contribution >= 0.6 is 0 Å². The Balaban J connectivity index is 1.25. The number of imidazole rings is 1. The van der Waals surface area contributed by atoms with Gasteiger partial charge >= 0.3 is 0 Å². The van der Waals surface area contributed by atoms with Crippen molar-refractivity contribution in [3.8, 4) is 0 Å². The third-order valence-corrected chi connectivity index (χ3v) is 6.00. The average molecular weight is 303 g/mol. The number of amides is 1. The Hall–Kier alpha value is -1.40. The lowest BCUT2D eigenvalue weighted by molar-refractivity contribution is -0.134. The van der Waals surface area contributed by atoms with E-state index in [0.717, 1.165) is 45.8 Å². The van der Waals surface area contributed by atoms with Crippen molar-refractivity contribution in [2.45, 2.75) is 24.5 Å². The average Bonchev–Trinajstić information content (AvgIpc) is 3.14. The Morgan fingerprint density at radius 3 is 2.91 bits per heavy atom. The fraction of sp³-hybridized carbons (Fsp3) is 0.750. The van der Waals surface area contributed by atoms with Gasteiger partial charge in [-0.25, -0.2) is 4.98 Å². The Labute approximate surface area is 129 Å². The van der Waals surface area contributed by atoms with Gasteiger partial charge in [0.2, 0.25) is 5.91 Å². The first-order chi connectivity index (χ1) is 10.8. The first-order valence-electron chi connectivity index (χ1n) is 8.24. The maximum Gasteiger partial charge on any atom is 0.226 e. The molecular formula is C16H21N3O3. The summed E-state index contributed by atoms with van der Waals surface area (Å²) in [6.45, 7) is 3.87. The van der Waals surface area contributed by atoms with Gasteiger partial charge in [-0.05, 0) is 18.3 Å². The van der Waals surface area contributed by atoms with E-state index in [1.165, 1.54) is 0 Å². The van der Waals surface area contributed by atoms with E-state index in [0.29, 0.717) is 23.8 Å². The van der Waals surface area contributed by atoms with Gasteiger partial charge in [0.1, 0.15) is 0 Å². The Kier molecular flexibility index (Phi) is 2.71. The maximum absolute atomic E-state index is 12.7. The van der Waals surface area contributed by atoms with E-state index < -0.39 is 0 Å². The Morgan fingerprint density at radius 1 is 1.27 bits per heavy atom. The molecule has 5 atom stereocenters. The summed E-state index contributed by atoms with van der Waals surface area (Å²) in [4.78, 5) is 18.8. The molecule has 0 bridgehead atoms. The molecule has 1 aromatic heterocycles. The largest absolute Gasteiger partial charge is 0.381 e. The van der Waals surface area contributed by atoms with Crippen LogP contribution in [0.3, 0.4) is 0 Å². The summed E-state index contributed by atoms with van der Waals surface area (Å²) in [6, 6.07) is 0.353. The molecule has 1 saturated carbocycles. The minimum Gasteiger partial charge on any atom is -0.381 e. The SMILES string of the molecule is O=C(C1[C@H]2COC[C@@H]12)N1CCC2(CC(n3ccnc3)CO2)C1. The predicted molar refractivity (Wildman–Crippen MR) is 77.1 cm³/mol. The van der Waals surface area contributed by atoms with Gasteiger partial charge in [0.15, 0.2) is 0 Å². The first-order valence-corrected chi connectivity index (χ1v) is 8.24. The van der Waals surface area contributed by atoms with Gasteiger partial charge in [0.25, 0.3) is 0 Å². The number of ether oxygens (including phenoxy) is 2. The topological polar surface area (TPSA) is 56.6 Å². The molecule has 0 N–H and O–H groups in total. The lowest BCUT2D eigenvalue weighted by atomic mass is 9.97. The Bertz CT molecular complexity index is 579. The molecule has 4 aliphatic rings. The fourth-order valence-corrected chi connectivity index (χ4v) is 4.63. The number of likely N-dealkylation sites (tertiary alicyclic amines) is 1. The molecule has 3 aliphatic heterocycles. The van der Waals surface area contributed by atoms with Crippen LogP contribution in [0.4, 0.5) is 0 Å². The highest BCUT2D eigenvalue weighted by Gasteiger charge is 2.60. The molecule has 1 spiro atoms. The number of rotatable bonds is 2. The van der Waals surface area contributed by atoms with E-state index >= 15 is 0 Å². The number of nitrogens with zero attached hydrogens (tertiary/aromatic N) is 3. The van der Waals surface area contributed by atoms with Crippen LogP contribution in [0.1, 0.15) is 18.9 Å². The second-order valence-corrected chi connectivity index (χ2v) is 7.26. The van der Waals surface area contributed by atoms with Gasteiger partial charge in [-0.15, -0.1) is 0 Å². The summed E-state index contributed by atoms with van der Waals surface area (Å²) in [5.41, 5.74) is -0.134. The predicted octanol–water partition coefficient (Wildman–Crippen LogP) is 0.708. The summed E-state index contributed by atoms with van der Waals surface area (Å²) in [5.74, 6) is 1.55. The number of hydrogen-bond acceptors (Lipinski definition) is 4. The van der Waals surface area contributed by atoms with Crippen molar-refractivity contribution in [1.82, 2.24) is 14.5 Å². The summed E-state index contributed by atoms with van der Waals surface area (Å²) in [7, 11) is 0. The number of hydrogen-bond donors (Lipinski definition) is 0. The van der Waals surface area contributed by atoms with E-state index in [1.54, 1.807) is 0 Å². The standard InChI is InChI=1S/C16H21N3O3/c20-15(14-12-7-21-8-13(12)14)18-3-1-16(9-18)5-11(6-22-16)19-4-2-17-10-19/h2,4,10-14H,1,3,5-9H2/t11?,12-,13+,14?,16?. The second-order valence-electron chi connectivity index (χ2n) is 7.26. The van der Waals surface area contributed by atoms with Crippen molar-refractivity contribution >= 4 is 5.91 Å². The van der Waals surface area contributed by atoms with Crippen molar-refractivity contribution < 1.29 is 14.3 Å². The van der Waals surface area contributed by atoms with E-state index in [9.17, 15) is 4.79 Å². The third-order valence-electron chi connectivity index (χ3n) is 6.00. The van der Waals surface area contributed by atoms with Crippen LogP contribution < -0.4 is 0 Å². The van der Waals surface area contributed by atoms with Crippen molar-refractivity contribution in [2.24, 2.45) is 17.8 Å². The summed E-state index contributed by atoms with van der Waals surface area (Å²) >= 11 is 0. The fourth-order valence-electron chi connectivity index (χ4n) is 4.63. The molecule has 0 aromatic carbocycles.